The lowest BCUT2D eigenvalue weighted by Crippen LogP contribution is -2.11. The molecule has 0 saturated carbocycles. The van der Waals surface area contributed by atoms with E-state index in [1.807, 2.05) is 6.92 Å². The van der Waals surface area contributed by atoms with Crippen molar-refractivity contribution in [3.05, 3.63) is 29.3 Å². The number of unbranched alkanes of at least 4 members (excludes halogenated alkanes) is 2. The van der Waals surface area contributed by atoms with Gasteiger partial charge in [-0.3, -0.25) is 0 Å². The number of carbonyl (C=O) groups is 1. The van der Waals surface area contributed by atoms with Crippen LogP contribution in [0.2, 0.25) is 0 Å². The summed E-state index contributed by atoms with van der Waals surface area (Å²) in [5, 5.41) is 8.98. The standard InChI is InChI=1S/C13H18O4S/c1-3-4-5-9-18(16,17)12-8-6-7-11(10(12)2)13(14)15/h6-8H,3-5,9H2,1-2H3,(H,14,15). The van der Waals surface area contributed by atoms with E-state index in [1.54, 1.807) is 0 Å². The Morgan fingerprint density at radius 2 is 1.94 bits per heavy atom. The van der Waals surface area contributed by atoms with Crippen molar-refractivity contribution in [3.8, 4) is 0 Å². The molecule has 0 amide bonds. The summed E-state index contributed by atoms with van der Waals surface area (Å²) < 4.78 is 24.2. The molecule has 0 spiro atoms. The second-order valence-electron chi connectivity index (χ2n) is 4.26. The van der Waals surface area contributed by atoms with Crippen LogP contribution in [0.15, 0.2) is 23.1 Å². The highest BCUT2D eigenvalue weighted by molar-refractivity contribution is 7.91. The number of aromatic carboxylic acids is 1. The number of rotatable bonds is 6. The summed E-state index contributed by atoms with van der Waals surface area (Å²) >= 11 is 0. The lowest BCUT2D eigenvalue weighted by Gasteiger charge is -2.09. The summed E-state index contributed by atoms with van der Waals surface area (Å²) in [5.41, 5.74) is 0.369. The molecule has 1 N–H and O–H groups in total. The van der Waals surface area contributed by atoms with E-state index in [0.29, 0.717) is 12.0 Å². The van der Waals surface area contributed by atoms with Crippen LogP contribution in [0.5, 0.6) is 0 Å². The molecule has 0 fully saturated rings. The van der Waals surface area contributed by atoms with Gasteiger partial charge in [0.05, 0.1) is 16.2 Å². The van der Waals surface area contributed by atoms with Crippen LogP contribution in [0.1, 0.15) is 42.1 Å². The van der Waals surface area contributed by atoms with Crippen LogP contribution in [-0.4, -0.2) is 25.2 Å². The molecule has 1 aromatic rings. The zero-order chi connectivity index (χ0) is 13.8. The SMILES string of the molecule is CCCCCS(=O)(=O)c1cccc(C(=O)O)c1C. The molecule has 0 bridgehead atoms. The first-order chi connectivity index (χ1) is 8.40. The Balaban J connectivity index is 3.09. The summed E-state index contributed by atoms with van der Waals surface area (Å²) in [7, 11) is -3.38. The van der Waals surface area contributed by atoms with E-state index in [4.69, 9.17) is 5.11 Å². The Morgan fingerprint density at radius 1 is 1.28 bits per heavy atom. The Kier molecular flexibility index (Phi) is 4.90. The molecular weight excluding hydrogens is 252 g/mol. The molecule has 0 aliphatic rings. The van der Waals surface area contributed by atoms with Crippen molar-refractivity contribution in [1.29, 1.82) is 0 Å². The van der Waals surface area contributed by atoms with Crippen molar-refractivity contribution in [2.24, 2.45) is 0 Å². The Morgan fingerprint density at radius 3 is 2.50 bits per heavy atom. The molecule has 0 aromatic heterocycles. The molecule has 0 atom stereocenters. The van der Waals surface area contributed by atoms with Crippen LogP contribution in [0, 0.1) is 6.92 Å². The van der Waals surface area contributed by atoms with Gasteiger partial charge in [0.1, 0.15) is 0 Å². The molecule has 18 heavy (non-hydrogen) atoms. The van der Waals surface area contributed by atoms with Gasteiger partial charge < -0.3 is 5.11 Å². The fourth-order valence-electron chi connectivity index (χ4n) is 1.84. The van der Waals surface area contributed by atoms with Gasteiger partial charge in [0, 0.05) is 0 Å². The van der Waals surface area contributed by atoms with Crippen molar-refractivity contribution in [3.63, 3.8) is 0 Å². The normalized spacial score (nSPS) is 11.4. The summed E-state index contributed by atoms with van der Waals surface area (Å²) in [4.78, 5) is 11.1. The van der Waals surface area contributed by atoms with Crippen LogP contribution in [0.4, 0.5) is 0 Å². The molecule has 1 rings (SSSR count). The van der Waals surface area contributed by atoms with Crippen LogP contribution in [0.25, 0.3) is 0 Å². The number of carboxylic acids is 1. The molecule has 0 saturated heterocycles. The van der Waals surface area contributed by atoms with Gasteiger partial charge in [-0.2, -0.15) is 0 Å². The van der Waals surface area contributed by atoms with E-state index < -0.39 is 15.8 Å². The van der Waals surface area contributed by atoms with Gasteiger partial charge in [0.15, 0.2) is 9.84 Å². The number of sulfone groups is 1. The molecule has 0 radical (unpaired) electrons. The van der Waals surface area contributed by atoms with Gasteiger partial charge >= 0.3 is 5.97 Å². The zero-order valence-corrected chi connectivity index (χ0v) is 11.5. The van der Waals surface area contributed by atoms with Crippen molar-refractivity contribution >= 4 is 15.8 Å². The van der Waals surface area contributed by atoms with Crippen molar-refractivity contribution in [2.75, 3.05) is 5.75 Å². The molecule has 0 unspecified atom stereocenters. The Hall–Kier alpha value is -1.36. The lowest BCUT2D eigenvalue weighted by atomic mass is 10.1. The summed E-state index contributed by atoms with van der Waals surface area (Å²) in [6.07, 6.45) is 2.41. The van der Waals surface area contributed by atoms with Gasteiger partial charge in [-0.25, -0.2) is 13.2 Å². The molecule has 100 valence electrons. The van der Waals surface area contributed by atoms with Crippen molar-refractivity contribution < 1.29 is 18.3 Å². The minimum absolute atomic E-state index is 0.0477. The molecule has 0 aliphatic heterocycles. The fourth-order valence-corrected chi connectivity index (χ4v) is 3.50. The molecule has 0 aliphatic carbocycles. The van der Waals surface area contributed by atoms with Crippen molar-refractivity contribution in [2.45, 2.75) is 38.0 Å². The second-order valence-corrected chi connectivity index (χ2v) is 6.34. The lowest BCUT2D eigenvalue weighted by molar-refractivity contribution is 0.0696. The average Bonchev–Trinajstić information content (AvgIpc) is 2.28. The van der Waals surface area contributed by atoms with Crippen LogP contribution in [-0.2, 0) is 9.84 Å². The first-order valence-corrected chi connectivity index (χ1v) is 7.61. The highest BCUT2D eigenvalue weighted by Gasteiger charge is 2.20. The Bertz CT molecular complexity index is 532. The maximum absolute atomic E-state index is 12.1. The average molecular weight is 270 g/mol. The molecule has 0 heterocycles. The second kappa shape index (κ2) is 6.00. The minimum atomic E-state index is -3.38. The van der Waals surface area contributed by atoms with E-state index in [0.717, 1.165) is 12.8 Å². The maximum atomic E-state index is 12.1. The third-order valence-electron chi connectivity index (χ3n) is 2.87. The summed E-state index contributed by atoms with van der Waals surface area (Å²) in [6, 6.07) is 4.37. The smallest absolute Gasteiger partial charge is 0.335 e. The maximum Gasteiger partial charge on any atom is 0.335 e. The largest absolute Gasteiger partial charge is 0.478 e. The monoisotopic (exact) mass is 270 g/mol. The fraction of sp³-hybridized carbons (Fsp3) is 0.462. The Labute approximate surface area is 108 Å². The highest BCUT2D eigenvalue weighted by Crippen LogP contribution is 2.21. The third kappa shape index (κ3) is 3.32. The van der Waals surface area contributed by atoms with Crippen molar-refractivity contribution in [1.82, 2.24) is 0 Å². The van der Waals surface area contributed by atoms with Crippen LogP contribution in [0.3, 0.4) is 0 Å². The number of benzene rings is 1. The minimum Gasteiger partial charge on any atom is -0.478 e. The quantitative estimate of drug-likeness (QED) is 0.807. The van der Waals surface area contributed by atoms with Gasteiger partial charge in [-0.1, -0.05) is 25.8 Å². The molecule has 4 nitrogen and oxygen atoms in total. The molecule has 5 heteroatoms. The van der Waals surface area contributed by atoms with E-state index in [1.165, 1.54) is 25.1 Å². The predicted octanol–water partition coefficient (Wildman–Crippen LogP) is 2.66. The highest BCUT2D eigenvalue weighted by atomic mass is 32.2. The van der Waals surface area contributed by atoms with Crippen LogP contribution < -0.4 is 0 Å². The first-order valence-electron chi connectivity index (χ1n) is 5.95. The van der Waals surface area contributed by atoms with E-state index in [2.05, 4.69) is 0 Å². The van der Waals surface area contributed by atoms with Gasteiger partial charge in [-0.05, 0) is 31.0 Å². The van der Waals surface area contributed by atoms with Gasteiger partial charge in [0.2, 0.25) is 0 Å². The van der Waals surface area contributed by atoms with E-state index >= 15 is 0 Å². The predicted molar refractivity (Wildman–Crippen MR) is 69.7 cm³/mol. The third-order valence-corrected chi connectivity index (χ3v) is 4.80. The van der Waals surface area contributed by atoms with Crippen LogP contribution >= 0.6 is 0 Å². The zero-order valence-electron chi connectivity index (χ0n) is 10.6. The van der Waals surface area contributed by atoms with E-state index in [9.17, 15) is 13.2 Å². The molecule has 1 aromatic carbocycles. The molecular formula is C13H18O4S. The van der Waals surface area contributed by atoms with Gasteiger partial charge in [-0.15, -0.1) is 0 Å². The number of hydrogen-bond acceptors (Lipinski definition) is 3. The number of hydrogen-bond donors (Lipinski definition) is 1. The topological polar surface area (TPSA) is 71.4 Å². The number of carboxylic acid groups (broad SMARTS) is 1. The summed E-state index contributed by atoms with van der Waals surface area (Å²) in [6.45, 7) is 3.54. The van der Waals surface area contributed by atoms with E-state index in [-0.39, 0.29) is 16.2 Å². The van der Waals surface area contributed by atoms with Gasteiger partial charge in [0.25, 0.3) is 0 Å². The summed E-state index contributed by atoms with van der Waals surface area (Å²) in [5.74, 6) is -1.02. The first kappa shape index (κ1) is 14.7.